The highest BCUT2D eigenvalue weighted by Gasteiger charge is 2.32. The van der Waals surface area contributed by atoms with E-state index in [0.717, 1.165) is 6.92 Å². The number of guanidine groups is 1. The zero-order chi connectivity index (χ0) is 47.7. The largest absolute Gasteiger partial charge is 0.481 e. The summed E-state index contributed by atoms with van der Waals surface area (Å²) in [6, 6.07) is -8.54. The Morgan fingerprint density at radius 2 is 1.21 bits per heavy atom. The molecule has 0 aliphatic rings. The summed E-state index contributed by atoms with van der Waals surface area (Å²) in [6.07, 6.45) is 3.19. The van der Waals surface area contributed by atoms with Crippen LogP contribution in [0.3, 0.4) is 0 Å². The van der Waals surface area contributed by atoms with Crippen molar-refractivity contribution in [3.8, 4) is 0 Å². The molecule has 0 spiro atoms. The summed E-state index contributed by atoms with van der Waals surface area (Å²) in [6.45, 7) is 9.75. The number of carbonyl (C=O) groups excluding carboxylic acids is 7. The Balaban J connectivity index is 0.00000888. The van der Waals surface area contributed by atoms with Crippen LogP contribution in [0, 0.1) is 11.8 Å². The number of carboxylic acids is 2. The van der Waals surface area contributed by atoms with Crippen molar-refractivity contribution in [2.24, 2.45) is 34.0 Å². The van der Waals surface area contributed by atoms with Gasteiger partial charge in [0.2, 0.25) is 41.4 Å². The number of aliphatic imine (C=N–C) groups is 1. The molecule has 7 amide bonds. The van der Waals surface area contributed by atoms with Crippen molar-refractivity contribution in [1.29, 1.82) is 0 Å². The molecule has 1 aromatic heterocycles. The average Bonchev–Trinajstić information content (AvgIpc) is 3.68. The molecule has 7 atom stereocenters. The Morgan fingerprint density at radius 3 is 1.69 bits per heavy atom. The second kappa shape index (κ2) is 29.0. The van der Waals surface area contributed by atoms with Crippen LogP contribution in [0.4, 0.5) is 0 Å². The molecule has 62 heavy (non-hydrogen) atoms. The van der Waals surface area contributed by atoms with E-state index >= 15 is 0 Å². The summed E-state index contributed by atoms with van der Waals surface area (Å²) in [5, 5.41) is 43.9. The lowest BCUT2D eigenvalue weighted by Gasteiger charge is -2.26. The molecule has 0 saturated heterocycles. The number of nitrogens with one attached hydrogen (secondary N) is 8. The highest BCUT2D eigenvalue weighted by atomic mass is 16.4. The molecule has 350 valence electrons. The second-order valence-corrected chi connectivity index (χ2v) is 15.1. The molecule has 1 aromatic rings. The van der Waals surface area contributed by atoms with Crippen LogP contribution in [0.2, 0.25) is 0 Å². The summed E-state index contributed by atoms with van der Waals surface area (Å²) in [7, 11) is 0. The molecule has 25 heteroatoms. The van der Waals surface area contributed by atoms with E-state index in [0.29, 0.717) is 5.69 Å². The third-order valence-electron chi connectivity index (χ3n) is 8.27. The third-order valence-corrected chi connectivity index (χ3v) is 8.27. The fourth-order valence-electron chi connectivity index (χ4n) is 5.25. The van der Waals surface area contributed by atoms with Gasteiger partial charge >= 0.3 is 5.97 Å². The number of nitrogens with two attached hydrogens (primary N) is 3. The van der Waals surface area contributed by atoms with E-state index in [1.165, 1.54) is 26.4 Å². The lowest BCUT2D eigenvalue weighted by atomic mass is 10.0. The average molecular weight is 884 g/mol. The van der Waals surface area contributed by atoms with Crippen LogP contribution < -0.4 is 54.4 Å². The van der Waals surface area contributed by atoms with E-state index in [4.69, 9.17) is 27.1 Å². The number of aromatic nitrogens is 2. The van der Waals surface area contributed by atoms with Gasteiger partial charge in [0, 0.05) is 31.8 Å². The number of hydrogen-bond acceptors (Lipinski definition) is 13. The first-order valence-electron chi connectivity index (χ1n) is 19.8. The number of amides is 7. The zero-order valence-corrected chi connectivity index (χ0v) is 36.2. The molecule has 1 heterocycles. The van der Waals surface area contributed by atoms with Crippen molar-refractivity contribution in [2.75, 3.05) is 19.7 Å². The second-order valence-electron chi connectivity index (χ2n) is 15.1. The van der Waals surface area contributed by atoms with Gasteiger partial charge in [-0.3, -0.25) is 43.3 Å². The number of rotatable bonds is 26. The number of aromatic amines is 1. The molecule has 17 N–H and O–H groups in total. The molecule has 0 fully saturated rings. The maximum atomic E-state index is 13.6. The highest BCUT2D eigenvalue weighted by Crippen LogP contribution is 2.09. The number of imidazole rings is 1. The van der Waals surface area contributed by atoms with Crippen LogP contribution in [0.5, 0.6) is 0 Å². The van der Waals surface area contributed by atoms with Gasteiger partial charge in [0.1, 0.15) is 36.3 Å². The number of aliphatic hydroxyl groups excluding tert-OH is 1. The topological polar surface area (TPSA) is 418 Å². The predicted molar refractivity (Wildman–Crippen MR) is 223 cm³/mol. The number of carbonyl (C=O) groups is 9. The molecule has 0 aliphatic carbocycles. The number of H-pyrrole nitrogens is 1. The molecule has 0 saturated carbocycles. The minimum Gasteiger partial charge on any atom is -0.481 e. The van der Waals surface area contributed by atoms with Gasteiger partial charge < -0.3 is 74.7 Å². The van der Waals surface area contributed by atoms with E-state index in [-0.39, 0.29) is 56.4 Å². The Kier molecular flexibility index (Phi) is 26.0. The normalized spacial score (nSPS) is 14.1. The van der Waals surface area contributed by atoms with Gasteiger partial charge in [0.15, 0.2) is 5.96 Å². The fraction of sp³-hybridized carbons (Fsp3) is 0.649. The van der Waals surface area contributed by atoms with Crippen LogP contribution in [0.25, 0.3) is 0 Å². The van der Waals surface area contributed by atoms with E-state index < -0.39 is 109 Å². The van der Waals surface area contributed by atoms with Crippen molar-refractivity contribution >= 4 is 59.2 Å². The Labute approximate surface area is 359 Å². The predicted octanol–water partition coefficient (Wildman–Crippen LogP) is -4.34. The van der Waals surface area contributed by atoms with Crippen LogP contribution in [0.15, 0.2) is 17.5 Å². The minimum atomic E-state index is -1.44. The molecule has 1 rings (SSSR count). The zero-order valence-electron chi connectivity index (χ0n) is 36.2. The third kappa shape index (κ3) is 24.0. The van der Waals surface area contributed by atoms with Gasteiger partial charge in [-0.1, -0.05) is 27.7 Å². The maximum Gasteiger partial charge on any atom is 0.326 e. The summed E-state index contributed by atoms with van der Waals surface area (Å²) in [4.78, 5) is 122. The highest BCUT2D eigenvalue weighted by molar-refractivity contribution is 5.96. The summed E-state index contributed by atoms with van der Waals surface area (Å²) >= 11 is 0. The first-order valence-corrected chi connectivity index (χ1v) is 19.8. The molecular formula is C37H65N13O12. The van der Waals surface area contributed by atoms with Crippen LogP contribution in [-0.2, 0) is 49.6 Å². The van der Waals surface area contributed by atoms with E-state index in [9.17, 15) is 48.6 Å². The number of hydrogen-bond donors (Lipinski definition) is 14. The van der Waals surface area contributed by atoms with E-state index in [1.54, 1.807) is 27.7 Å². The minimum absolute atomic E-state index is 0.0152. The molecule has 0 bridgehead atoms. The molecule has 25 nitrogen and oxygen atoms in total. The Hall–Kier alpha value is -6.37. The standard InChI is InChI=1S/C35H61N13O10.C2H4O2/c1-17(2)10-23(46-32(55)25(12-21-13-39-16-42-21)47-33(56)26(15-49)48-28(51)19(5)36)30(53)41-14-27(50)44-24(11-18(3)4)31(54)43-20(6)29(52)45-22(34(57)58)8-7-9-40-35(37)38;1-2(3)4/h13,16-20,22-26,49H,7-12,14-15,36H2,1-6H3,(H,39,42)(H,41,53)(H,43,54)(H,44,50)(H,45,52)(H,46,55)(H,47,56)(H,48,51)(H,57,58)(H4,37,38,40);1H3,(H,3,4). The molecule has 0 radical (unpaired) electrons. The van der Waals surface area contributed by atoms with Crippen LogP contribution in [0.1, 0.15) is 79.8 Å². The summed E-state index contributed by atoms with van der Waals surface area (Å²) in [5.41, 5.74) is 16.5. The lowest BCUT2D eigenvalue weighted by Crippen LogP contribution is -2.59. The summed E-state index contributed by atoms with van der Waals surface area (Å²) in [5.74, 6) is -7.95. The van der Waals surface area contributed by atoms with Crippen LogP contribution >= 0.6 is 0 Å². The van der Waals surface area contributed by atoms with Crippen LogP contribution in [-0.4, -0.2) is 147 Å². The van der Waals surface area contributed by atoms with Crippen molar-refractivity contribution in [2.45, 2.75) is 123 Å². The van der Waals surface area contributed by atoms with E-state index in [2.05, 4.69) is 52.2 Å². The molecule has 7 unspecified atom stereocenters. The SMILES string of the molecule is CC(=O)O.CC(C)CC(NC(=O)CNC(=O)C(CC(C)C)NC(=O)C(Cc1cnc[nH]1)NC(=O)C(CO)NC(=O)C(C)N)C(=O)NC(C)C(=O)NC(CCCN=C(N)N)C(=O)O. The lowest BCUT2D eigenvalue weighted by molar-refractivity contribution is -0.142. The first-order chi connectivity index (χ1) is 28.9. The fourth-order valence-corrected chi connectivity index (χ4v) is 5.25. The first kappa shape index (κ1) is 55.6. The van der Waals surface area contributed by atoms with Gasteiger partial charge in [0.05, 0.1) is 25.5 Å². The Bertz CT molecular complexity index is 1660. The van der Waals surface area contributed by atoms with Crippen molar-refractivity contribution in [3.63, 3.8) is 0 Å². The smallest absolute Gasteiger partial charge is 0.326 e. The van der Waals surface area contributed by atoms with Crippen molar-refractivity contribution in [1.82, 2.24) is 47.2 Å². The number of nitrogens with zero attached hydrogens (tertiary/aromatic N) is 2. The van der Waals surface area contributed by atoms with Gasteiger partial charge in [-0.15, -0.1) is 0 Å². The quantitative estimate of drug-likeness (QED) is 0.0238. The summed E-state index contributed by atoms with van der Waals surface area (Å²) < 4.78 is 0. The van der Waals surface area contributed by atoms with Crippen molar-refractivity contribution in [3.05, 3.63) is 18.2 Å². The molecule has 0 aromatic carbocycles. The Morgan fingerprint density at radius 1 is 0.710 bits per heavy atom. The van der Waals surface area contributed by atoms with Gasteiger partial charge in [-0.05, 0) is 51.4 Å². The van der Waals surface area contributed by atoms with Gasteiger partial charge in [-0.2, -0.15) is 0 Å². The monoisotopic (exact) mass is 883 g/mol. The maximum absolute atomic E-state index is 13.6. The van der Waals surface area contributed by atoms with E-state index in [1.807, 2.05) is 0 Å². The van der Waals surface area contributed by atoms with Crippen molar-refractivity contribution < 1.29 is 58.5 Å². The number of aliphatic hydroxyl groups is 1. The van der Waals surface area contributed by atoms with Gasteiger partial charge in [-0.25, -0.2) is 9.78 Å². The van der Waals surface area contributed by atoms with Gasteiger partial charge in [0.25, 0.3) is 5.97 Å². The number of carboxylic acid groups (broad SMARTS) is 2. The molecule has 0 aliphatic heterocycles. The number of aliphatic carboxylic acids is 2. The molecular weight excluding hydrogens is 818 g/mol.